The summed E-state index contributed by atoms with van der Waals surface area (Å²) < 4.78 is 6.35. The maximum atomic E-state index is 12.0. The highest BCUT2D eigenvalue weighted by Crippen LogP contribution is 2.25. The Morgan fingerprint density at radius 1 is 1.21 bits per heavy atom. The highest BCUT2D eigenvalue weighted by Gasteiger charge is 2.10. The van der Waals surface area contributed by atoms with Gasteiger partial charge in [-0.3, -0.25) is 4.79 Å². The number of ether oxygens (including phenoxy) is 1. The SMILES string of the molecule is Cc1ccc(OCC(=O)N/N=C(/c2ccccc2)C(C)C)c(Br)c1. The maximum absolute atomic E-state index is 12.0. The highest BCUT2D eigenvalue weighted by atomic mass is 79.9. The van der Waals surface area contributed by atoms with Gasteiger partial charge < -0.3 is 4.74 Å². The van der Waals surface area contributed by atoms with Crippen LogP contribution in [0.5, 0.6) is 5.75 Å². The van der Waals surface area contributed by atoms with Gasteiger partial charge in [-0.25, -0.2) is 5.43 Å². The van der Waals surface area contributed by atoms with Crippen molar-refractivity contribution in [2.75, 3.05) is 6.61 Å². The molecule has 0 radical (unpaired) electrons. The summed E-state index contributed by atoms with van der Waals surface area (Å²) in [5.41, 5.74) is 5.52. The molecule has 0 saturated carbocycles. The van der Waals surface area contributed by atoms with Gasteiger partial charge in [0.25, 0.3) is 5.91 Å². The van der Waals surface area contributed by atoms with Crippen LogP contribution in [0.15, 0.2) is 58.1 Å². The zero-order valence-electron chi connectivity index (χ0n) is 14.0. The molecule has 0 aromatic heterocycles. The third-order valence-corrected chi connectivity index (χ3v) is 3.98. The van der Waals surface area contributed by atoms with Gasteiger partial charge in [0.05, 0.1) is 10.2 Å². The molecular weight excluding hydrogens is 368 g/mol. The van der Waals surface area contributed by atoms with E-state index in [1.165, 1.54) is 0 Å². The first kappa shape index (κ1) is 18.2. The fourth-order valence-electron chi connectivity index (χ4n) is 2.16. The average molecular weight is 389 g/mol. The van der Waals surface area contributed by atoms with Gasteiger partial charge in [0.15, 0.2) is 6.61 Å². The maximum Gasteiger partial charge on any atom is 0.277 e. The van der Waals surface area contributed by atoms with Crippen LogP contribution in [0, 0.1) is 12.8 Å². The first-order chi connectivity index (χ1) is 11.5. The van der Waals surface area contributed by atoms with Crippen LogP contribution in [-0.2, 0) is 4.79 Å². The van der Waals surface area contributed by atoms with Crippen LogP contribution in [0.4, 0.5) is 0 Å². The summed E-state index contributed by atoms with van der Waals surface area (Å²) in [6, 6.07) is 15.5. The molecule has 0 heterocycles. The van der Waals surface area contributed by atoms with Crippen molar-refractivity contribution in [1.82, 2.24) is 5.43 Å². The van der Waals surface area contributed by atoms with E-state index in [0.717, 1.165) is 21.3 Å². The molecule has 0 aliphatic heterocycles. The largest absolute Gasteiger partial charge is 0.483 e. The van der Waals surface area contributed by atoms with Crippen molar-refractivity contribution < 1.29 is 9.53 Å². The Balaban J connectivity index is 1.98. The van der Waals surface area contributed by atoms with Crippen molar-refractivity contribution in [3.8, 4) is 5.75 Å². The lowest BCUT2D eigenvalue weighted by atomic mass is 10.0. The van der Waals surface area contributed by atoms with E-state index >= 15 is 0 Å². The summed E-state index contributed by atoms with van der Waals surface area (Å²) in [6.45, 7) is 5.98. The number of amides is 1. The molecular formula is C19H21BrN2O2. The number of hydrogen-bond acceptors (Lipinski definition) is 3. The predicted molar refractivity (Wildman–Crippen MR) is 100 cm³/mol. The van der Waals surface area contributed by atoms with Gasteiger partial charge in [-0.15, -0.1) is 0 Å². The molecule has 0 saturated heterocycles. The molecule has 1 N–H and O–H groups in total. The number of nitrogens with zero attached hydrogens (tertiary/aromatic N) is 1. The molecule has 2 aromatic carbocycles. The fourth-order valence-corrected chi connectivity index (χ4v) is 2.76. The highest BCUT2D eigenvalue weighted by molar-refractivity contribution is 9.10. The number of benzene rings is 2. The number of carbonyl (C=O) groups is 1. The molecule has 0 aliphatic carbocycles. The molecule has 24 heavy (non-hydrogen) atoms. The number of aryl methyl sites for hydroxylation is 1. The van der Waals surface area contributed by atoms with Crippen molar-refractivity contribution >= 4 is 27.5 Å². The van der Waals surface area contributed by atoms with Gasteiger partial charge in [-0.05, 0) is 52.0 Å². The third kappa shape index (κ3) is 5.20. The molecule has 5 heteroatoms. The summed E-state index contributed by atoms with van der Waals surface area (Å²) in [6.07, 6.45) is 0. The first-order valence-corrected chi connectivity index (χ1v) is 8.57. The standard InChI is InChI=1S/C19H21BrN2O2/c1-13(2)19(15-7-5-4-6-8-15)22-21-18(23)12-24-17-10-9-14(3)11-16(17)20/h4-11,13H,12H2,1-3H3,(H,21,23)/b22-19+. The van der Waals surface area contributed by atoms with Crippen molar-refractivity contribution in [3.63, 3.8) is 0 Å². The molecule has 0 unspecified atom stereocenters. The van der Waals surface area contributed by atoms with Gasteiger partial charge in [-0.1, -0.05) is 50.2 Å². The van der Waals surface area contributed by atoms with Gasteiger partial charge in [0.1, 0.15) is 5.75 Å². The Hall–Kier alpha value is -2.14. The zero-order valence-corrected chi connectivity index (χ0v) is 15.6. The second-order valence-corrected chi connectivity index (χ2v) is 6.63. The summed E-state index contributed by atoms with van der Waals surface area (Å²) >= 11 is 3.42. The van der Waals surface area contributed by atoms with Gasteiger partial charge >= 0.3 is 0 Å². The average Bonchev–Trinajstić information content (AvgIpc) is 2.55. The summed E-state index contributed by atoms with van der Waals surface area (Å²) in [7, 11) is 0. The molecule has 0 atom stereocenters. The van der Waals surface area contributed by atoms with E-state index in [1.54, 1.807) is 0 Å². The Morgan fingerprint density at radius 2 is 1.92 bits per heavy atom. The quantitative estimate of drug-likeness (QED) is 0.591. The molecule has 2 rings (SSSR count). The van der Waals surface area contributed by atoms with E-state index in [9.17, 15) is 4.79 Å². The third-order valence-electron chi connectivity index (χ3n) is 3.36. The Kier molecular flexibility index (Phi) is 6.55. The fraction of sp³-hybridized carbons (Fsp3) is 0.263. The molecule has 0 spiro atoms. The van der Waals surface area contributed by atoms with E-state index in [4.69, 9.17) is 4.74 Å². The number of hydrazone groups is 1. The van der Waals surface area contributed by atoms with Crippen LogP contribution >= 0.6 is 15.9 Å². The van der Waals surface area contributed by atoms with Gasteiger partial charge in [0, 0.05) is 0 Å². The Bertz CT molecular complexity index is 727. The number of rotatable bonds is 6. The lowest BCUT2D eigenvalue weighted by molar-refractivity contribution is -0.123. The number of nitrogens with one attached hydrogen (secondary N) is 1. The smallest absolute Gasteiger partial charge is 0.277 e. The minimum Gasteiger partial charge on any atom is -0.483 e. The van der Waals surface area contributed by atoms with Crippen LogP contribution in [-0.4, -0.2) is 18.2 Å². The van der Waals surface area contributed by atoms with Crippen LogP contribution in [0.1, 0.15) is 25.0 Å². The van der Waals surface area contributed by atoms with Crippen LogP contribution in [0.25, 0.3) is 0 Å². The van der Waals surface area contributed by atoms with Crippen LogP contribution in [0.3, 0.4) is 0 Å². The topological polar surface area (TPSA) is 50.7 Å². The first-order valence-electron chi connectivity index (χ1n) is 7.78. The minimum atomic E-state index is -0.295. The van der Waals surface area contributed by atoms with E-state index in [-0.39, 0.29) is 18.4 Å². The second kappa shape index (κ2) is 8.64. The number of halogens is 1. The molecule has 126 valence electrons. The van der Waals surface area contributed by atoms with Crippen molar-refractivity contribution in [1.29, 1.82) is 0 Å². The predicted octanol–water partition coefficient (Wildman–Crippen LogP) is 4.31. The van der Waals surface area contributed by atoms with E-state index in [0.29, 0.717) is 5.75 Å². The van der Waals surface area contributed by atoms with Gasteiger partial charge in [0.2, 0.25) is 0 Å². The Morgan fingerprint density at radius 3 is 2.54 bits per heavy atom. The summed E-state index contributed by atoms with van der Waals surface area (Å²) in [5.74, 6) is 0.531. The zero-order chi connectivity index (χ0) is 17.5. The van der Waals surface area contributed by atoms with Crippen LogP contribution in [0.2, 0.25) is 0 Å². The van der Waals surface area contributed by atoms with Crippen LogP contribution < -0.4 is 10.2 Å². The molecule has 2 aromatic rings. The van der Waals surface area contributed by atoms with Gasteiger partial charge in [-0.2, -0.15) is 5.10 Å². The van der Waals surface area contributed by atoms with Crippen molar-refractivity contribution in [2.24, 2.45) is 11.0 Å². The normalized spacial score (nSPS) is 11.5. The lowest BCUT2D eigenvalue weighted by Gasteiger charge is -2.11. The lowest BCUT2D eigenvalue weighted by Crippen LogP contribution is -2.27. The number of hydrogen-bond donors (Lipinski definition) is 1. The van der Waals surface area contributed by atoms with Crippen molar-refractivity contribution in [2.45, 2.75) is 20.8 Å². The number of carbonyl (C=O) groups excluding carboxylic acids is 1. The summed E-state index contributed by atoms with van der Waals surface area (Å²) in [4.78, 5) is 12.0. The summed E-state index contributed by atoms with van der Waals surface area (Å²) in [5, 5.41) is 4.27. The van der Waals surface area contributed by atoms with E-state index in [1.807, 2.05) is 69.3 Å². The monoisotopic (exact) mass is 388 g/mol. The molecule has 1 amide bonds. The Labute approximate surface area is 151 Å². The molecule has 0 bridgehead atoms. The van der Waals surface area contributed by atoms with E-state index in [2.05, 4.69) is 26.5 Å². The minimum absolute atomic E-state index is 0.0919. The van der Waals surface area contributed by atoms with Crippen molar-refractivity contribution in [3.05, 3.63) is 64.1 Å². The second-order valence-electron chi connectivity index (χ2n) is 5.78. The molecule has 0 aliphatic rings. The van der Waals surface area contributed by atoms with E-state index < -0.39 is 0 Å². The molecule has 0 fully saturated rings. The molecule has 4 nitrogen and oxygen atoms in total.